The van der Waals surface area contributed by atoms with Crippen molar-refractivity contribution in [3.63, 3.8) is 0 Å². The molecule has 2 amide bonds. The fourth-order valence-electron chi connectivity index (χ4n) is 5.83. The first-order valence-corrected chi connectivity index (χ1v) is 14.6. The minimum atomic E-state index is -0.968. The number of hydrogen-bond donors (Lipinski definition) is 2. The van der Waals surface area contributed by atoms with Crippen molar-refractivity contribution in [2.45, 2.75) is 70.9 Å². The Morgan fingerprint density at radius 2 is 1.88 bits per heavy atom. The zero-order chi connectivity index (χ0) is 28.9. The Balaban J connectivity index is 1.43. The quantitative estimate of drug-likeness (QED) is 0.416. The van der Waals surface area contributed by atoms with Gasteiger partial charge >= 0.3 is 0 Å². The van der Waals surface area contributed by atoms with Crippen LogP contribution in [0.3, 0.4) is 0 Å². The molecule has 1 saturated carbocycles. The van der Waals surface area contributed by atoms with Crippen molar-refractivity contribution >= 4 is 22.8 Å². The highest BCUT2D eigenvalue weighted by atomic mass is 19.1. The van der Waals surface area contributed by atoms with E-state index in [0.29, 0.717) is 49.8 Å². The topological polar surface area (TPSA) is 105 Å². The highest BCUT2D eigenvalue weighted by Crippen LogP contribution is 2.34. The molecule has 41 heavy (non-hydrogen) atoms. The maximum atomic E-state index is 14.4. The number of carbonyl (C=O) groups is 2. The zero-order valence-corrected chi connectivity index (χ0v) is 23.7. The second-order valence-electron chi connectivity index (χ2n) is 11.3. The number of aromatic nitrogens is 3. The molecule has 1 aliphatic carbocycles. The van der Waals surface area contributed by atoms with E-state index in [0.717, 1.165) is 37.3 Å². The molecule has 0 bridgehead atoms. The first kappa shape index (κ1) is 28.9. The van der Waals surface area contributed by atoms with E-state index in [1.54, 1.807) is 6.20 Å². The number of imidazole rings is 1. The molecule has 0 spiro atoms. The largest absolute Gasteiger partial charge is 0.476 e. The van der Waals surface area contributed by atoms with Crippen molar-refractivity contribution < 1.29 is 23.1 Å². The summed E-state index contributed by atoms with van der Waals surface area (Å²) in [4.78, 5) is 39.9. The zero-order valence-electron chi connectivity index (χ0n) is 23.7. The van der Waals surface area contributed by atoms with E-state index >= 15 is 0 Å². The Labute approximate surface area is 238 Å². The normalized spacial score (nSPS) is 20.5. The summed E-state index contributed by atoms with van der Waals surface area (Å²) in [7, 11) is 0. The molecule has 2 aliphatic rings. The van der Waals surface area contributed by atoms with Crippen molar-refractivity contribution in [2.24, 2.45) is 10.9 Å². The molecule has 0 atom stereocenters. The number of rotatable bonds is 8. The lowest BCUT2D eigenvalue weighted by Crippen LogP contribution is -2.38. The van der Waals surface area contributed by atoms with Crippen LogP contribution in [-0.4, -0.2) is 63.5 Å². The molecule has 1 aliphatic heterocycles. The molecule has 11 heteroatoms. The SMILES string of the molecule is CC(C)NC(=O)[C@H]1CC[C@@H](n2/c(=N/C(=O)c3ccc(F)cc3F)[nH]c3cnc(OCCN4CCCCC4)cc32)CC1. The summed E-state index contributed by atoms with van der Waals surface area (Å²) in [6.45, 7) is 7.39. The molecule has 3 aromatic rings. The summed E-state index contributed by atoms with van der Waals surface area (Å²) in [6, 6.07) is 4.65. The monoisotopic (exact) mass is 568 g/mol. The van der Waals surface area contributed by atoms with Gasteiger partial charge in [-0.3, -0.25) is 14.5 Å². The molecular weight excluding hydrogens is 530 g/mol. The third kappa shape index (κ3) is 7.01. The fraction of sp³-hybridized carbons (Fsp3) is 0.533. The number of halogens is 2. The van der Waals surface area contributed by atoms with Gasteiger partial charge < -0.3 is 19.6 Å². The van der Waals surface area contributed by atoms with E-state index in [-0.39, 0.29) is 35.1 Å². The standard InChI is InChI=1S/C30H38F2N6O3/c1-19(2)34-28(39)20-6-9-22(10-7-20)38-26-17-27(41-15-14-37-12-4-3-5-13-37)33-18-25(26)35-30(38)36-29(40)23-11-8-21(31)16-24(23)32/h8,11,16-20,22H,3-7,9-10,12-15H2,1-2H3,(H,34,39)(H,35,36,40)/t20-,22+. The van der Waals surface area contributed by atoms with Crippen LogP contribution in [0.2, 0.25) is 0 Å². The average Bonchev–Trinajstić information content (AvgIpc) is 3.30. The predicted molar refractivity (Wildman–Crippen MR) is 150 cm³/mol. The van der Waals surface area contributed by atoms with Gasteiger partial charge in [-0.15, -0.1) is 0 Å². The van der Waals surface area contributed by atoms with E-state index in [1.807, 2.05) is 24.5 Å². The summed E-state index contributed by atoms with van der Waals surface area (Å²) in [5.41, 5.74) is 1.34. The Morgan fingerprint density at radius 3 is 2.59 bits per heavy atom. The van der Waals surface area contributed by atoms with Crippen molar-refractivity contribution in [2.75, 3.05) is 26.2 Å². The maximum Gasteiger partial charge on any atom is 0.283 e. The van der Waals surface area contributed by atoms with Crippen molar-refractivity contribution in [1.29, 1.82) is 0 Å². The van der Waals surface area contributed by atoms with Crippen LogP contribution in [0.4, 0.5) is 8.78 Å². The minimum absolute atomic E-state index is 0.0555. The van der Waals surface area contributed by atoms with Crippen molar-refractivity contribution in [3.05, 3.63) is 53.3 Å². The summed E-state index contributed by atoms with van der Waals surface area (Å²) in [5.74, 6) is -2.11. The van der Waals surface area contributed by atoms with E-state index < -0.39 is 17.5 Å². The van der Waals surface area contributed by atoms with Gasteiger partial charge in [0.25, 0.3) is 5.91 Å². The third-order valence-electron chi connectivity index (χ3n) is 7.93. The van der Waals surface area contributed by atoms with Crippen LogP contribution in [0.15, 0.2) is 35.5 Å². The number of benzene rings is 1. The van der Waals surface area contributed by atoms with E-state index in [4.69, 9.17) is 4.74 Å². The average molecular weight is 569 g/mol. The number of pyridine rings is 1. The van der Waals surface area contributed by atoms with Gasteiger partial charge in [0.05, 0.1) is 22.8 Å². The second kappa shape index (κ2) is 12.9. The predicted octanol–water partition coefficient (Wildman–Crippen LogP) is 4.50. The number of hydrogen-bond acceptors (Lipinski definition) is 5. The van der Waals surface area contributed by atoms with Gasteiger partial charge in [0.15, 0.2) is 0 Å². The first-order valence-electron chi connectivity index (χ1n) is 14.6. The summed E-state index contributed by atoms with van der Waals surface area (Å²) in [5, 5.41) is 3.00. The van der Waals surface area contributed by atoms with Gasteiger partial charge in [-0.2, -0.15) is 4.99 Å². The summed E-state index contributed by atoms with van der Waals surface area (Å²) < 4.78 is 35.8. The number of nitrogens with one attached hydrogen (secondary N) is 2. The summed E-state index contributed by atoms with van der Waals surface area (Å²) >= 11 is 0. The molecule has 1 aromatic carbocycles. The molecule has 3 heterocycles. The summed E-state index contributed by atoms with van der Waals surface area (Å²) in [6.07, 6.45) is 8.11. The van der Waals surface area contributed by atoms with Crippen LogP contribution in [0, 0.1) is 17.6 Å². The van der Waals surface area contributed by atoms with E-state index in [9.17, 15) is 18.4 Å². The van der Waals surface area contributed by atoms with Crippen LogP contribution >= 0.6 is 0 Å². The first-order chi connectivity index (χ1) is 19.8. The third-order valence-corrected chi connectivity index (χ3v) is 7.93. The lowest BCUT2D eigenvalue weighted by atomic mass is 9.85. The number of piperidine rings is 1. The van der Waals surface area contributed by atoms with E-state index in [1.165, 1.54) is 19.3 Å². The van der Waals surface area contributed by atoms with Crippen LogP contribution < -0.4 is 15.7 Å². The molecule has 0 radical (unpaired) electrons. The van der Waals surface area contributed by atoms with Gasteiger partial charge in [-0.1, -0.05) is 6.42 Å². The van der Waals surface area contributed by atoms with Gasteiger partial charge in [0.2, 0.25) is 17.4 Å². The van der Waals surface area contributed by atoms with Crippen LogP contribution in [-0.2, 0) is 4.79 Å². The molecular formula is C30H38F2N6O3. The molecule has 220 valence electrons. The van der Waals surface area contributed by atoms with Gasteiger partial charge in [-0.05, 0) is 77.6 Å². The molecule has 2 N–H and O–H groups in total. The second-order valence-corrected chi connectivity index (χ2v) is 11.3. The van der Waals surface area contributed by atoms with Gasteiger partial charge in [0, 0.05) is 36.7 Å². The van der Waals surface area contributed by atoms with E-state index in [2.05, 4.69) is 25.2 Å². The fourth-order valence-corrected chi connectivity index (χ4v) is 5.83. The van der Waals surface area contributed by atoms with Crippen LogP contribution in [0.25, 0.3) is 11.0 Å². The molecule has 9 nitrogen and oxygen atoms in total. The van der Waals surface area contributed by atoms with Crippen LogP contribution in [0.1, 0.15) is 75.2 Å². The van der Waals surface area contributed by atoms with Crippen molar-refractivity contribution in [3.8, 4) is 5.88 Å². The number of likely N-dealkylation sites (tertiary alicyclic amines) is 1. The number of carbonyl (C=O) groups excluding carboxylic acids is 2. The Bertz CT molecular complexity index is 1450. The van der Waals surface area contributed by atoms with Gasteiger partial charge in [-0.25, -0.2) is 13.8 Å². The van der Waals surface area contributed by atoms with Crippen molar-refractivity contribution in [1.82, 2.24) is 24.8 Å². The Morgan fingerprint density at radius 1 is 1.12 bits per heavy atom. The molecule has 1 saturated heterocycles. The number of ether oxygens (including phenoxy) is 1. The molecule has 2 fully saturated rings. The number of amides is 2. The highest BCUT2D eigenvalue weighted by Gasteiger charge is 2.29. The minimum Gasteiger partial charge on any atom is -0.476 e. The Hall–Kier alpha value is -3.60. The molecule has 0 unspecified atom stereocenters. The number of aromatic amines is 1. The number of H-pyrrole nitrogens is 1. The number of fused-ring (bicyclic) bond motifs is 1. The highest BCUT2D eigenvalue weighted by molar-refractivity contribution is 5.95. The smallest absolute Gasteiger partial charge is 0.283 e. The molecule has 2 aromatic heterocycles. The molecule has 5 rings (SSSR count). The van der Waals surface area contributed by atoms with Gasteiger partial charge in [0.1, 0.15) is 18.2 Å². The lowest BCUT2D eigenvalue weighted by molar-refractivity contribution is -0.126. The number of nitrogens with zero attached hydrogens (tertiary/aromatic N) is 4. The Kier molecular flexibility index (Phi) is 9.12. The maximum absolute atomic E-state index is 14.4. The lowest BCUT2D eigenvalue weighted by Gasteiger charge is -2.29. The van der Waals surface area contributed by atoms with Crippen LogP contribution in [0.5, 0.6) is 5.88 Å².